The standard InChI is InChI=1S/C16H22N2/c1-4-10-17-15(5-2)13-8-9-16-14(11-13)7-6-12(3)18-16/h6-9,11,15,17H,4-5,10H2,1-3H3. The maximum atomic E-state index is 4.54. The predicted molar refractivity (Wildman–Crippen MR) is 77.8 cm³/mol. The third-order valence-electron chi connectivity index (χ3n) is 3.30. The summed E-state index contributed by atoms with van der Waals surface area (Å²) in [7, 11) is 0. The van der Waals surface area contributed by atoms with E-state index < -0.39 is 0 Å². The molecule has 18 heavy (non-hydrogen) atoms. The Morgan fingerprint density at radius 1 is 1.17 bits per heavy atom. The van der Waals surface area contributed by atoms with Crippen LogP contribution in [0.1, 0.15) is 44.0 Å². The largest absolute Gasteiger partial charge is 0.310 e. The van der Waals surface area contributed by atoms with Crippen molar-refractivity contribution >= 4 is 10.9 Å². The van der Waals surface area contributed by atoms with Crippen molar-refractivity contribution in [2.45, 2.75) is 39.7 Å². The Labute approximate surface area is 109 Å². The molecule has 0 amide bonds. The summed E-state index contributed by atoms with van der Waals surface area (Å²) in [6.45, 7) is 7.53. The van der Waals surface area contributed by atoms with E-state index >= 15 is 0 Å². The van der Waals surface area contributed by atoms with Crippen LogP contribution in [0, 0.1) is 6.92 Å². The molecule has 96 valence electrons. The summed E-state index contributed by atoms with van der Waals surface area (Å²) in [5.74, 6) is 0. The van der Waals surface area contributed by atoms with Gasteiger partial charge in [0.25, 0.3) is 0 Å². The molecule has 1 aromatic carbocycles. The van der Waals surface area contributed by atoms with E-state index in [0.717, 1.165) is 24.2 Å². The van der Waals surface area contributed by atoms with Crippen molar-refractivity contribution in [3.63, 3.8) is 0 Å². The summed E-state index contributed by atoms with van der Waals surface area (Å²) >= 11 is 0. The van der Waals surface area contributed by atoms with Crippen LogP contribution in [0.3, 0.4) is 0 Å². The zero-order valence-electron chi connectivity index (χ0n) is 11.5. The SMILES string of the molecule is CCCNC(CC)c1ccc2nc(C)ccc2c1. The molecular formula is C16H22N2. The van der Waals surface area contributed by atoms with Crippen LogP contribution in [0.25, 0.3) is 10.9 Å². The van der Waals surface area contributed by atoms with Crippen LogP contribution in [-0.2, 0) is 0 Å². The number of aromatic nitrogens is 1. The lowest BCUT2D eigenvalue weighted by Gasteiger charge is -2.17. The number of fused-ring (bicyclic) bond motifs is 1. The maximum Gasteiger partial charge on any atom is 0.0705 e. The molecule has 1 unspecified atom stereocenters. The summed E-state index contributed by atoms with van der Waals surface area (Å²) < 4.78 is 0. The number of pyridine rings is 1. The van der Waals surface area contributed by atoms with Gasteiger partial charge in [-0.1, -0.05) is 26.0 Å². The van der Waals surface area contributed by atoms with E-state index in [9.17, 15) is 0 Å². The molecule has 2 rings (SSSR count). The fourth-order valence-corrected chi connectivity index (χ4v) is 2.28. The lowest BCUT2D eigenvalue weighted by atomic mass is 10.0. The van der Waals surface area contributed by atoms with Gasteiger partial charge in [-0.3, -0.25) is 4.98 Å². The van der Waals surface area contributed by atoms with Crippen molar-refractivity contribution in [1.29, 1.82) is 0 Å². The number of hydrogen-bond donors (Lipinski definition) is 1. The van der Waals surface area contributed by atoms with Crippen molar-refractivity contribution in [3.05, 3.63) is 41.6 Å². The molecule has 0 saturated heterocycles. The van der Waals surface area contributed by atoms with Crippen LogP contribution in [0.15, 0.2) is 30.3 Å². The van der Waals surface area contributed by atoms with E-state index in [2.05, 4.69) is 54.5 Å². The Balaban J connectivity index is 2.30. The summed E-state index contributed by atoms with van der Waals surface area (Å²) in [5, 5.41) is 4.82. The van der Waals surface area contributed by atoms with Gasteiger partial charge in [-0.2, -0.15) is 0 Å². The second-order valence-corrected chi connectivity index (χ2v) is 4.82. The maximum absolute atomic E-state index is 4.54. The third kappa shape index (κ3) is 2.88. The molecule has 0 saturated carbocycles. The Kier molecular flexibility index (Phi) is 4.32. The molecule has 0 spiro atoms. The fraction of sp³-hybridized carbons (Fsp3) is 0.438. The van der Waals surface area contributed by atoms with Gasteiger partial charge in [-0.15, -0.1) is 0 Å². The second-order valence-electron chi connectivity index (χ2n) is 4.82. The first-order valence-electron chi connectivity index (χ1n) is 6.85. The number of rotatable bonds is 5. The Bertz CT molecular complexity index is 519. The molecule has 0 fully saturated rings. The number of benzene rings is 1. The van der Waals surface area contributed by atoms with E-state index in [4.69, 9.17) is 0 Å². The quantitative estimate of drug-likeness (QED) is 0.857. The third-order valence-corrected chi connectivity index (χ3v) is 3.30. The molecule has 0 radical (unpaired) electrons. The smallest absolute Gasteiger partial charge is 0.0705 e. The summed E-state index contributed by atoms with van der Waals surface area (Å²) in [6, 6.07) is 11.3. The minimum absolute atomic E-state index is 0.454. The molecular weight excluding hydrogens is 220 g/mol. The molecule has 1 atom stereocenters. The van der Waals surface area contributed by atoms with Crippen LogP contribution in [0.2, 0.25) is 0 Å². The Morgan fingerprint density at radius 2 is 2.00 bits per heavy atom. The normalized spacial score (nSPS) is 12.8. The van der Waals surface area contributed by atoms with Crippen LogP contribution in [-0.4, -0.2) is 11.5 Å². The van der Waals surface area contributed by atoms with E-state index in [1.807, 2.05) is 6.92 Å². The topological polar surface area (TPSA) is 24.9 Å². The van der Waals surface area contributed by atoms with Crippen LogP contribution in [0.4, 0.5) is 0 Å². The van der Waals surface area contributed by atoms with Crippen LogP contribution in [0.5, 0.6) is 0 Å². The molecule has 0 aliphatic carbocycles. The molecule has 1 aromatic heterocycles. The van der Waals surface area contributed by atoms with Crippen molar-refractivity contribution in [2.24, 2.45) is 0 Å². The minimum atomic E-state index is 0.454. The number of hydrogen-bond acceptors (Lipinski definition) is 2. The van der Waals surface area contributed by atoms with Gasteiger partial charge >= 0.3 is 0 Å². The van der Waals surface area contributed by atoms with Crippen LogP contribution >= 0.6 is 0 Å². The molecule has 2 nitrogen and oxygen atoms in total. The predicted octanol–water partition coefficient (Wildman–Crippen LogP) is 3.99. The fourth-order valence-electron chi connectivity index (χ4n) is 2.28. The molecule has 1 heterocycles. The van der Waals surface area contributed by atoms with Gasteiger partial charge < -0.3 is 5.32 Å². The highest BCUT2D eigenvalue weighted by atomic mass is 14.9. The van der Waals surface area contributed by atoms with Crippen molar-refractivity contribution in [3.8, 4) is 0 Å². The summed E-state index contributed by atoms with van der Waals surface area (Å²) in [5.41, 5.74) is 3.53. The molecule has 0 aliphatic rings. The summed E-state index contributed by atoms with van der Waals surface area (Å²) in [4.78, 5) is 4.54. The van der Waals surface area contributed by atoms with Gasteiger partial charge in [0.1, 0.15) is 0 Å². The van der Waals surface area contributed by atoms with Crippen molar-refractivity contribution < 1.29 is 0 Å². The van der Waals surface area contributed by atoms with Gasteiger partial charge in [-0.25, -0.2) is 0 Å². The van der Waals surface area contributed by atoms with E-state index in [1.54, 1.807) is 0 Å². The molecule has 2 heteroatoms. The molecule has 0 aliphatic heterocycles. The first-order valence-corrected chi connectivity index (χ1v) is 6.85. The monoisotopic (exact) mass is 242 g/mol. The summed E-state index contributed by atoms with van der Waals surface area (Å²) in [6.07, 6.45) is 2.29. The van der Waals surface area contributed by atoms with Gasteiger partial charge in [-0.05, 0) is 50.1 Å². The lowest BCUT2D eigenvalue weighted by molar-refractivity contribution is 0.519. The van der Waals surface area contributed by atoms with Crippen LogP contribution < -0.4 is 5.32 Å². The Morgan fingerprint density at radius 3 is 2.72 bits per heavy atom. The van der Waals surface area contributed by atoms with Gasteiger partial charge in [0.2, 0.25) is 0 Å². The highest BCUT2D eigenvalue weighted by Gasteiger charge is 2.08. The molecule has 1 N–H and O–H groups in total. The average Bonchev–Trinajstić information content (AvgIpc) is 2.39. The first-order chi connectivity index (χ1) is 8.74. The van der Waals surface area contributed by atoms with E-state index in [0.29, 0.717) is 6.04 Å². The lowest BCUT2D eigenvalue weighted by Crippen LogP contribution is -2.21. The Hall–Kier alpha value is -1.41. The minimum Gasteiger partial charge on any atom is -0.310 e. The molecule has 2 aromatic rings. The first kappa shape index (κ1) is 13.0. The van der Waals surface area contributed by atoms with Crippen molar-refractivity contribution in [1.82, 2.24) is 10.3 Å². The number of aryl methyl sites for hydroxylation is 1. The van der Waals surface area contributed by atoms with Gasteiger partial charge in [0, 0.05) is 17.1 Å². The van der Waals surface area contributed by atoms with E-state index in [-0.39, 0.29) is 0 Å². The highest BCUT2D eigenvalue weighted by molar-refractivity contribution is 5.79. The number of nitrogens with one attached hydrogen (secondary N) is 1. The van der Waals surface area contributed by atoms with Gasteiger partial charge in [0.15, 0.2) is 0 Å². The van der Waals surface area contributed by atoms with E-state index in [1.165, 1.54) is 17.4 Å². The van der Waals surface area contributed by atoms with Gasteiger partial charge in [0.05, 0.1) is 5.52 Å². The highest BCUT2D eigenvalue weighted by Crippen LogP contribution is 2.21. The average molecular weight is 242 g/mol. The number of nitrogens with zero attached hydrogens (tertiary/aromatic N) is 1. The molecule has 0 bridgehead atoms. The zero-order chi connectivity index (χ0) is 13.0. The zero-order valence-corrected chi connectivity index (χ0v) is 11.5. The second kappa shape index (κ2) is 5.96. The van der Waals surface area contributed by atoms with Crippen molar-refractivity contribution in [2.75, 3.05) is 6.54 Å².